The van der Waals surface area contributed by atoms with Crippen LogP contribution in [-0.2, 0) is 22.3 Å². The van der Waals surface area contributed by atoms with Crippen LogP contribution >= 0.6 is 0 Å². The molecule has 0 aliphatic heterocycles. The monoisotopic (exact) mass is 566 g/mol. The molecule has 0 aliphatic rings. The van der Waals surface area contributed by atoms with Gasteiger partial charge in [0.15, 0.2) is 23.0 Å². The molecule has 2 N–H and O–H groups in total. The molecule has 2 aromatic rings. The number of hydrogen-bond donors (Lipinski definition) is 2. The second kappa shape index (κ2) is 18.4. The van der Waals surface area contributed by atoms with Crippen molar-refractivity contribution in [2.24, 2.45) is 11.8 Å². The Morgan fingerprint density at radius 1 is 0.550 bits per heavy atom. The van der Waals surface area contributed by atoms with E-state index in [1.165, 1.54) is 0 Å². The van der Waals surface area contributed by atoms with Crippen LogP contribution in [0.4, 0.5) is 0 Å². The molecule has 0 aliphatic carbocycles. The average molecular weight is 567 g/mol. The molecule has 0 saturated heterocycles. The first kappa shape index (κ1) is 33.3. The van der Waals surface area contributed by atoms with E-state index in [4.69, 9.17) is 43.0 Å². The summed E-state index contributed by atoms with van der Waals surface area (Å²) in [5, 5.41) is 18.5. The SMILES string of the molecule is COc1cc(C[C@@H](CCCOCCO)[C@H](COCCO)Cc2cc(OC)c(OC)c(OC)c2)cc(OC)c1OC. The Bertz CT molecular complexity index is 946. The molecule has 226 valence electrons. The molecule has 2 atom stereocenters. The van der Waals surface area contributed by atoms with Crippen LogP contribution in [0.3, 0.4) is 0 Å². The van der Waals surface area contributed by atoms with Gasteiger partial charge < -0.3 is 48.1 Å². The van der Waals surface area contributed by atoms with E-state index < -0.39 is 0 Å². The summed E-state index contributed by atoms with van der Waals surface area (Å²) < 4.78 is 44.8. The van der Waals surface area contributed by atoms with Gasteiger partial charge in [0.25, 0.3) is 0 Å². The molecule has 0 fully saturated rings. The maximum Gasteiger partial charge on any atom is 0.203 e. The zero-order chi connectivity index (χ0) is 29.3. The highest BCUT2D eigenvalue weighted by atomic mass is 16.5. The van der Waals surface area contributed by atoms with Crippen molar-refractivity contribution in [3.05, 3.63) is 35.4 Å². The van der Waals surface area contributed by atoms with Gasteiger partial charge in [-0.15, -0.1) is 0 Å². The Hall–Kier alpha value is -2.92. The second-order valence-electron chi connectivity index (χ2n) is 9.27. The number of benzene rings is 2. The summed E-state index contributed by atoms with van der Waals surface area (Å²) in [7, 11) is 9.57. The third-order valence-electron chi connectivity index (χ3n) is 6.78. The Morgan fingerprint density at radius 3 is 1.38 bits per heavy atom. The molecular weight excluding hydrogens is 520 g/mol. The van der Waals surface area contributed by atoms with Gasteiger partial charge in [0.2, 0.25) is 11.5 Å². The predicted octanol–water partition coefficient (Wildman–Crippen LogP) is 3.55. The van der Waals surface area contributed by atoms with Crippen molar-refractivity contribution in [1.29, 1.82) is 0 Å². The fourth-order valence-corrected chi connectivity index (χ4v) is 4.89. The quantitative estimate of drug-likeness (QED) is 0.218. The van der Waals surface area contributed by atoms with Crippen LogP contribution in [-0.4, -0.2) is 92.5 Å². The maximum absolute atomic E-state index is 9.38. The first-order valence-electron chi connectivity index (χ1n) is 13.4. The standard InChI is InChI=1S/C30H46O10/c1-33-25-16-21(17-26(34-2)29(25)37-5)14-23(8-7-11-39-12-9-31)24(20-40-13-10-32)15-22-18-27(35-3)30(38-6)28(19-22)36-4/h16-19,23-24,31-32H,7-15,20H2,1-6H3/t23-,24+/m1/s1. The highest BCUT2D eigenvalue weighted by molar-refractivity contribution is 5.55. The molecule has 0 unspecified atom stereocenters. The molecule has 10 heteroatoms. The van der Waals surface area contributed by atoms with Crippen molar-refractivity contribution in [1.82, 2.24) is 0 Å². The zero-order valence-corrected chi connectivity index (χ0v) is 24.7. The van der Waals surface area contributed by atoms with E-state index in [1.54, 1.807) is 42.7 Å². The lowest BCUT2D eigenvalue weighted by molar-refractivity contribution is 0.0455. The Balaban J connectivity index is 2.46. The van der Waals surface area contributed by atoms with E-state index in [1.807, 2.05) is 24.3 Å². The van der Waals surface area contributed by atoms with Crippen LogP contribution in [0.2, 0.25) is 0 Å². The minimum absolute atomic E-state index is 0.00632. The van der Waals surface area contributed by atoms with E-state index in [2.05, 4.69) is 0 Å². The highest BCUT2D eigenvalue weighted by Gasteiger charge is 2.26. The molecule has 0 saturated carbocycles. The lowest BCUT2D eigenvalue weighted by atomic mass is 9.80. The molecule has 40 heavy (non-hydrogen) atoms. The lowest BCUT2D eigenvalue weighted by Gasteiger charge is -2.29. The Labute approximate surface area is 238 Å². The lowest BCUT2D eigenvalue weighted by Crippen LogP contribution is -2.26. The Morgan fingerprint density at radius 2 is 0.975 bits per heavy atom. The molecule has 2 rings (SSSR count). The highest BCUT2D eigenvalue weighted by Crippen LogP contribution is 2.41. The number of methoxy groups -OCH3 is 6. The van der Waals surface area contributed by atoms with Crippen LogP contribution in [0.15, 0.2) is 24.3 Å². The van der Waals surface area contributed by atoms with Crippen LogP contribution < -0.4 is 28.4 Å². The number of aliphatic hydroxyl groups excluding tert-OH is 2. The van der Waals surface area contributed by atoms with Crippen molar-refractivity contribution < 1.29 is 48.1 Å². The van der Waals surface area contributed by atoms with E-state index in [9.17, 15) is 5.11 Å². The van der Waals surface area contributed by atoms with Crippen molar-refractivity contribution in [3.8, 4) is 34.5 Å². The number of rotatable bonds is 21. The van der Waals surface area contributed by atoms with Crippen LogP contribution in [0.1, 0.15) is 24.0 Å². The number of ether oxygens (including phenoxy) is 8. The Kier molecular flexibility index (Phi) is 15.3. The molecule has 0 bridgehead atoms. The van der Waals surface area contributed by atoms with Crippen molar-refractivity contribution >= 4 is 0 Å². The van der Waals surface area contributed by atoms with Crippen molar-refractivity contribution in [2.45, 2.75) is 25.7 Å². The minimum atomic E-state index is -0.0521. The van der Waals surface area contributed by atoms with E-state index in [0.717, 1.165) is 24.0 Å². The fourth-order valence-electron chi connectivity index (χ4n) is 4.89. The van der Waals surface area contributed by atoms with Gasteiger partial charge in [-0.05, 0) is 72.9 Å². The third-order valence-corrected chi connectivity index (χ3v) is 6.78. The molecule has 0 radical (unpaired) electrons. The predicted molar refractivity (Wildman–Crippen MR) is 152 cm³/mol. The third kappa shape index (κ3) is 9.62. The molecule has 0 spiro atoms. The first-order valence-corrected chi connectivity index (χ1v) is 13.4. The normalized spacial score (nSPS) is 12.5. The molecular formula is C30H46O10. The summed E-state index contributed by atoms with van der Waals surface area (Å²) in [6.07, 6.45) is 3.05. The van der Waals surface area contributed by atoms with Crippen LogP contribution in [0.5, 0.6) is 34.5 Å². The summed E-state index contributed by atoms with van der Waals surface area (Å²) in [4.78, 5) is 0. The molecule has 0 heterocycles. The van der Waals surface area contributed by atoms with Gasteiger partial charge in [-0.1, -0.05) is 0 Å². The average Bonchev–Trinajstić information content (AvgIpc) is 2.98. The first-order chi connectivity index (χ1) is 19.5. The van der Waals surface area contributed by atoms with Gasteiger partial charge in [0.1, 0.15) is 0 Å². The largest absolute Gasteiger partial charge is 0.493 e. The van der Waals surface area contributed by atoms with Crippen LogP contribution in [0.25, 0.3) is 0 Å². The molecule has 10 nitrogen and oxygen atoms in total. The topological polar surface area (TPSA) is 114 Å². The summed E-state index contributed by atoms with van der Waals surface area (Å²) in [5.41, 5.74) is 2.05. The van der Waals surface area contributed by atoms with Crippen molar-refractivity contribution in [2.75, 3.05) is 82.3 Å². The summed E-state index contributed by atoms with van der Waals surface area (Å²) in [6, 6.07) is 7.87. The van der Waals surface area contributed by atoms with Gasteiger partial charge in [-0.2, -0.15) is 0 Å². The van der Waals surface area contributed by atoms with Crippen molar-refractivity contribution in [3.63, 3.8) is 0 Å². The summed E-state index contributed by atoms with van der Waals surface area (Å²) in [5.74, 6) is 3.69. The van der Waals surface area contributed by atoms with E-state index in [-0.39, 0.29) is 31.7 Å². The van der Waals surface area contributed by atoms with Crippen LogP contribution in [0, 0.1) is 11.8 Å². The summed E-state index contributed by atoms with van der Waals surface area (Å²) >= 11 is 0. The van der Waals surface area contributed by atoms with Gasteiger partial charge >= 0.3 is 0 Å². The molecule has 0 amide bonds. The fraction of sp³-hybridized carbons (Fsp3) is 0.600. The van der Waals surface area contributed by atoms with Gasteiger partial charge in [0.05, 0.1) is 75.7 Å². The maximum atomic E-state index is 9.38. The molecule has 0 aromatic heterocycles. The minimum Gasteiger partial charge on any atom is -0.493 e. The van der Waals surface area contributed by atoms with E-state index >= 15 is 0 Å². The second-order valence-corrected chi connectivity index (χ2v) is 9.27. The van der Waals surface area contributed by atoms with Gasteiger partial charge in [-0.25, -0.2) is 0 Å². The number of hydrogen-bond acceptors (Lipinski definition) is 10. The number of aliphatic hydroxyl groups is 2. The zero-order valence-electron chi connectivity index (χ0n) is 24.7. The van der Waals surface area contributed by atoms with Gasteiger partial charge in [0, 0.05) is 6.61 Å². The van der Waals surface area contributed by atoms with E-state index in [0.29, 0.717) is 67.2 Å². The smallest absolute Gasteiger partial charge is 0.203 e. The molecule has 2 aromatic carbocycles. The van der Waals surface area contributed by atoms with Gasteiger partial charge in [-0.3, -0.25) is 0 Å². The summed E-state index contributed by atoms with van der Waals surface area (Å²) in [6.45, 7) is 1.50.